The van der Waals surface area contributed by atoms with E-state index >= 15 is 0 Å². The third kappa shape index (κ3) is 2.70. The Morgan fingerprint density at radius 3 is 2.70 bits per heavy atom. The molecule has 2 aromatic rings. The highest BCUT2D eigenvalue weighted by Gasteiger charge is 2.49. The summed E-state index contributed by atoms with van der Waals surface area (Å²) in [5, 5.41) is 8.93. The van der Waals surface area contributed by atoms with Gasteiger partial charge < -0.3 is 5.32 Å². The van der Waals surface area contributed by atoms with E-state index in [9.17, 15) is 0 Å². The van der Waals surface area contributed by atoms with Crippen LogP contribution in [0.2, 0.25) is 0 Å². The van der Waals surface area contributed by atoms with Gasteiger partial charge in [-0.25, -0.2) is 4.68 Å². The molecule has 0 saturated heterocycles. The summed E-state index contributed by atoms with van der Waals surface area (Å²) in [5.74, 6) is 0. The molecule has 172 valence electrons. The zero-order valence-electron chi connectivity index (χ0n) is 20.7. The van der Waals surface area contributed by atoms with Crippen LogP contribution in [0, 0.1) is 0 Å². The number of allylic oxidation sites excluding steroid dienone is 2. The second-order valence-electron chi connectivity index (χ2n) is 10.5. The predicted molar refractivity (Wildman–Crippen MR) is 136 cm³/mol. The van der Waals surface area contributed by atoms with Gasteiger partial charge in [-0.1, -0.05) is 51.1 Å². The van der Waals surface area contributed by atoms with Crippen molar-refractivity contribution in [3.63, 3.8) is 0 Å². The summed E-state index contributed by atoms with van der Waals surface area (Å²) >= 11 is 0. The fourth-order valence-corrected chi connectivity index (χ4v) is 6.88. The van der Waals surface area contributed by atoms with Crippen LogP contribution >= 0.6 is 0 Å². The van der Waals surface area contributed by atoms with Crippen LogP contribution in [0.5, 0.6) is 0 Å². The Kier molecular flexibility index (Phi) is 4.58. The van der Waals surface area contributed by atoms with E-state index in [2.05, 4.69) is 92.1 Å². The zero-order valence-corrected chi connectivity index (χ0v) is 20.7. The summed E-state index contributed by atoms with van der Waals surface area (Å²) in [6.45, 7) is 13.8. The van der Waals surface area contributed by atoms with Crippen LogP contribution in [0.1, 0.15) is 75.5 Å². The largest absolute Gasteiger partial charge is 0.378 e. The highest BCUT2D eigenvalue weighted by Crippen LogP contribution is 2.55. The predicted octanol–water partition coefficient (Wildman–Crippen LogP) is 5.45. The van der Waals surface area contributed by atoms with Crippen LogP contribution in [-0.4, -0.2) is 32.8 Å². The number of aromatic nitrogens is 2. The summed E-state index contributed by atoms with van der Waals surface area (Å²) in [6, 6.07) is 7.49. The van der Waals surface area contributed by atoms with E-state index in [1.54, 1.807) is 0 Å². The summed E-state index contributed by atoms with van der Waals surface area (Å²) in [6.07, 6.45) is 13.7. The number of nitrogens with zero attached hydrogens (tertiary/aromatic N) is 3. The van der Waals surface area contributed by atoms with Crippen LogP contribution in [0.4, 0.5) is 0 Å². The van der Waals surface area contributed by atoms with E-state index in [0.29, 0.717) is 6.04 Å². The maximum absolute atomic E-state index is 5.33. The zero-order chi connectivity index (χ0) is 23.0. The summed E-state index contributed by atoms with van der Waals surface area (Å²) in [5.41, 5.74) is 10.7. The van der Waals surface area contributed by atoms with Gasteiger partial charge in [0.15, 0.2) is 0 Å². The van der Waals surface area contributed by atoms with E-state index in [1.807, 2.05) is 0 Å². The van der Waals surface area contributed by atoms with Crippen molar-refractivity contribution >= 4 is 5.57 Å². The summed E-state index contributed by atoms with van der Waals surface area (Å²) in [7, 11) is 0. The van der Waals surface area contributed by atoms with Gasteiger partial charge in [0.1, 0.15) is 0 Å². The first-order valence-electron chi connectivity index (χ1n) is 12.8. The van der Waals surface area contributed by atoms with Gasteiger partial charge in [-0.3, -0.25) is 4.90 Å². The van der Waals surface area contributed by atoms with Crippen molar-refractivity contribution in [2.45, 2.75) is 83.8 Å². The van der Waals surface area contributed by atoms with Crippen molar-refractivity contribution in [1.82, 2.24) is 20.0 Å². The smallest absolute Gasteiger partial charge is 0.0780 e. The van der Waals surface area contributed by atoms with Crippen LogP contribution in [0.3, 0.4) is 0 Å². The van der Waals surface area contributed by atoms with E-state index in [-0.39, 0.29) is 11.0 Å². The maximum Gasteiger partial charge on any atom is 0.0780 e. The Balaban J connectivity index is 1.65. The van der Waals surface area contributed by atoms with Gasteiger partial charge in [-0.2, -0.15) is 5.10 Å². The topological polar surface area (TPSA) is 33.1 Å². The van der Waals surface area contributed by atoms with Crippen molar-refractivity contribution in [2.24, 2.45) is 0 Å². The number of hydrogen-bond acceptors (Lipinski definition) is 3. The molecule has 0 amide bonds. The van der Waals surface area contributed by atoms with Crippen molar-refractivity contribution in [2.75, 3.05) is 6.54 Å². The molecule has 0 bridgehead atoms. The molecule has 0 fully saturated rings. The van der Waals surface area contributed by atoms with Crippen molar-refractivity contribution in [3.8, 4) is 5.69 Å². The Bertz CT molecular complexity index is 1220. The normalized spacial score (nSPS) is 27.2. The minimum Gasteiger partial charge on any atom is -0.378 e. The van der Waals surface area contributed by atoms with E-state index in [1.165, 1.54) is 57.8 Å². The molecular weight excluding hydrogens is 404 g/mol. The quantitative estimate of drug-likeness (QED) is 0.642. The van der Waals surface area contributed by atoms with Gasteiger partial charge in [0, 0.05) is 36.7 Å². The van der Waals surface area contributed by atoms with E-state index in [4.69, 9.17) is 5.10 Å². The first-order chi connectivity index (χ1) is 15.9. The average Bonchev–Trinajstić information content (AvgIpc) is 3.40. The molecule has 4 aliphatic rings. The van der Waals surface area contributed by atoms with Gasteiger partial charge >= 0.3 is 0 Å². The van der Waals surface area contributed by atoms with Crippen LogP contribution in [0.15, 0.2) is 48.2 Å². The molecule has 33 heavy (non-hydrogen) atoms. The Morgan fingerprint density at radius 1 is 1.12 bits per heavy atom. The third-order valence-corrected chi connectivity index (χ3v) is 8.73. The van der Waals surface area contributed by atoms with Crippen LogP contribution in [0.25, 0.3) is 11.3 Å². The lowest BCUT2D eigenvalue weighted by Gasteiger charge is -2.44. The number of aryl methyl sites for hydroxylation is 1. The van der Waals surface area contributed by atoms with Crippen molar-refractivity contribution in [3.05, 3.63) is 76.3 Å². The van der Waals surface area contributed by atoms with Crippen LogP contribution in [-0.2, 0) is 24.8 Å². The van der Waals surface area contributed by atoms with Gasteiger partial charge in [-0.05, 0) is 62.1 Å². The average molecular weight is 441 g/mol. The molecule has 4 heterocycles. The van der Waals surface area contributed by atoms with Crippen molar-refractivity contribution < 1.29 is 0 Å². The molecule has 1 aromatic carbocycles. The lowest BCUT2D eigenvalue weighted by atomic mass is 9.64. The van der Waals surface area contributed by atoms with Gasteiger partial charge in [0.2, 0.25) is 0 Å². The molecule has 1 N–H and O–H groups in total. The summed E-state index contributed by atoms with van der Waals surface area (Å²) < 4.78 is 2.35. The minimum absolute atomic E-state index is 0.141. The number of hydrogen-bond donors (Lipinski definition) is 1. The molecule has 0 saturated carbocycles. The standard InChI is InChI=1S/C29H36N4/c1-6-19-10-9-11-21-25-23-12-16-30-29(23,5)15-14-28(25,4)27-22-18-32(20(7-2)8-3)17-13-24(22)31-33(27)26(19)21/h9-12,14-16,20,30H,6-8,13,17-18H2,1-5H3. The van der Waals surface area contributed by atoms with Gasteiger partial charge in [0.25, 0.3) is 0 Å². The number of para-hydroxylation sites is 1. The molecule has 1 aromatic heterocycles. The fraction of sp³-hybridized carbons (Fsp3) is 0.483. The fourth-order valence-electron chi connectivity index (χ4n) is 6.88. The second-order valence-corrected chi connectivity index (χ2v) is 10.5. The molecule has 2 unspecified atom stereocenters. The van der Waals surface area contributed by atoms with E-state index < -0.39 is 0 Å². The second kappa shape index (κ2) is 7.20. The molecular formula is C29H36N4. The minimum atomic E-state index is -0.192. The molecule has 0 spiro atoms. The van der Waals surface area contributed by atoms with E-state index in [0.717, 1.165) is 25.9 Å². The number of benzene rings is 1. The monoisotopic (exact) mass is 440 g/mol. The molecule has 2 atom stereocenters. The first kappa shape index (κ1) is 21.0. The molecule has 0 radical (unpaired) electrons. The lowest BCUT2D eigenvalue weighted by molar-refractivity contribution is 0.167. The molecule has 3 aliphatic heterocycles. The highest BCUT2D eigenvalue weighted by molar-refractivity contribution is 5.91. The third-order valence-electron chi connectivity index (χ3n) is 8.73. The van der Waals surface area contributed by atoms with Gasteiger partial charge in [-0.15, -0.1) is 0 Å². The van der Waals surface area contributed by atoms with Crippen LogP contribution < -0.4 is 5.32 Å². The molecule has 4 nitrogen and oxygen atoms in total. The first-order valence-corrected chi connectivity index (χ1v) is 12.8. The molecule has 1 aliphatic carbocycles. The SMILES string of the molecule is CCc1cccc2c1-n1nc3c(c1C1(C)C=CC4(C)NC=CC4=C21)CN(C(CC)CC)CC3. The molecule has 6 rings (SSSR count). The van der Waals surface area contributed by atoms with Gasteiger partial charge in [0.05, 0.1) is 28.0 Å². The Labute approximate surface area is 198 Å². The molecule has 4 heteroatoms. The number of fused-ring (bicyclic) bond motifs is 9. The maximum atomic E-state index is 5.33. The number of nitrogens with one attached hydrogen (secondary N) is 1. The van der Waals surface area contributed by atoms with Crippen molar-refractivity contribution in [1.29, 1.82) is 0 Å². The number of rotatable bonds is 4. The lowest BCUT2D eigenvalue weighted by Crippen LogP contribution is -2.44. The Hall–Kier alpha value is -2.59. The highest BCUT2D eigenvalue weighted by atomic mass is 15.3. The Morgan fingerprint density at radius 2 is 1.94 bits per heavy atom. The summed E-state index contributed by atoms with van der Waals surface area (Å²) in [4.78, 5) is 2.70.